The second-order valence-electron chi connectivity index (χ2n) is 2.95. The Morgan fingerprint density at radius 3 is 2.62 bits per heavy atom. The Bertz CT molecular complexity index is 285. The smallest absolute Gasteiger partial charge is 0.330 e. The minimum absolute atomic E-state index is 0.00135. The number of ether oxygens (including phenoxy) is 1. The number of esters is 1. The Morgan fingerprint density at radius 2 is 2.06 bits per heavy atom. The van der Waals surface area contributed by atoms with Crippen molar-refractivity contribution in [3.8, 4) is 0 Å². The quantitative estimate of drug-likeness (QED) is 0.366. The van der Waals surface area contributed by atoms with E-state index in [0.717, 1.165) is 0 Å². The lowest BCUT2D eigenvalue weighted by atomic mass is 10.3. The molecule has 0 bridgehead atoms. The molecule has 0 aromatic heterocycles. The van der Waals surface area contributed by atoms with Crippen molar-refractivity contribution < 1.29 is 24.2 Å². The number of carboxylic acid groups (broad SMARTS) is 1. The summed E-state index contributed by atoms with van der Waals surface area (Å²) >= 11 is 0. The highest BCUT2D eigenvalue weighted by molar-refractivity contribution is 5.85. The molecule has 0 heterocycles. The van der Waals surface area contributed by atoms with Gasteiger partial charge in [0.1, 0.15) is 0 Å². The highest BCUT2D eigenvalue weighted by atomic mass is 16.5. The largest absolute Gasteiger partial charge is 0.481 e. The molecule has 0 saturated heterocycles. The van der Waals surface area contributed by atoms with Gasteiger partial charge in [-0.15, -0.1) is 0 Å². The number of hydrogen-bond acceptors (Lipinski definition) is 4. The highest BCUT2D eigenvalue weighted by Gasteiger charge is 2.04. The van der Waals surface area contributed by atoms with Gasteiger partial charge in [0, 0.05) is 19.0 Å². The summed E-state index contributed by atoms with van der Waals surface area (Å²) in [5.74, 6) is -1.93. The second-order valence-corrected chi connectivity index (χ2v) is 2.95. The second kappa shape index (κ2) is 8.46. The number of carbonyl (C=O) groups is 3. The van der Waals surface area contributed by atoms with Crippen LogP contribution in [0.3, 0.4) is 0 Å². The molecule has 6 heteroatoms. The summed E-state index contributed by atoms with van der Waals surface area (Å²) in [5, 5.41) is 10.8. The molecular formula is C10H15NO5. The van der Waals surface area contributed by atoms with Crippen LogP contribution in [0, 0.1) is 0 Å². The molecule has 1 amide bonds. The minimum Gasteiger partial charge on any atom is -0.481 e. The maximum atomic E-state index is 11.0. The molecule has 0 aromatic carbocycles. The molecule has 0 rings (SSSR count). The molecule has 0 spiro atoms. The van der Waals surface area contributed by atoms with E-state index in [1.54, 1.807) is 6.92 Å². The molecule has 90 valence electrons. The van der Waals surface area contributed by atoms with E-state index in [9.17, 15) is 14.4 Å². The van der Waals surface area contributed by atoms with Crippen molar-refractivity contribution in [1.29, 1.82) is 0 Å². The van der Waals surface area contributed by atoms with Crippen LogP contribution in [-0.4, -0.2) is 36.1 Å². The van der Waals surface area contributed by atoms with Crippen molar-refractivity contribution in [1.82, 2.24) is 5.32 Å². The number of nitrogens with one attached hydrogen (secondary N) is 1. The van der Waals surface area contributed by atoms with Crippen molar-refractivity contribution in [3.05, 3.63) is 12.2 Å². The number of hydrogen-bond donors (Lipinski definition) is 2. The summed E-state index contributed by atoms with van der Waals surface area (Å²) in [7, 11) is 0. The zero-order valence-electron chi connectivity index (χ0n) is 9.06. The predicted octanol–water partition coefficient (Wildman–Crippen LogP) is 0.0867. The van der Waals surface area contributed by atoms with E-state index in [4.69, 9.17) is 5.11 Å². The lowest BCUT2D eigenvalue weighted by Crippen LogP contribution is -2.29. The highest BCUT2D eigenvalue weighted by Crippen LogP contribution is 1.86. The summed E-state index contributed by atoms with van der Waals surface area (Å²) in [6.45, 7) is 1.57. The van der Waals surface area contributed by atoms with Crippen LogP contribution >= 0.6 is 0 Å². The van der Waals surface area contributed by atoms with E-state index >= 15 is 0 Å². The Labute approximate surface area is 93.3 Å². The minimum atomic E-state index is -0.909. The van der Waals surface area contributed by atoms with Gasteiger partial charge >= 0.3 is 11.9 Å². The first-order valence-corrected chi connectivity index (χ1v) is 4.84. The molecule has 0 aliphatic rings. The molecule has 0 fully saturated rings. The van der Waals surface area contributed by atoms with Crippen molar-refractivity contribution >= 4 is 17.8 Å². The molecule has 2 N–H and O–H groups in total. The summed E-state index contributed by atoms with van der Waals surface area (Å²) in [5.41, 5.74) is 0. The van der Waals surface area contributed by atoms with E-state index in [1.807, 2.05) is 0 Å². The first-order chi connectivity index (χ1) is 7.56. The van der Waals surface area contributed by atoms with E-state index < -0.39 is 17.8 Å². The summed E-state index contributed by atoms with van der Waals surface area (Å²) in [6, 6.07) is 0. The number of carbonyl (C=O) groups excluding carboxylic acids is 2. The van der Waals surface area contributed by atoms with Gasteiger partial charge in [0.05, 0.1) is 0 Å². The van der Waals surface area contributed by atoms with Crippen LogP contribution < -0.4 is 5.32 Å². The Morgan fingerprint density at radius 1 is 1.38 bits per heavy atom. The summed E-state index contributed by atoms with van der Waals surface area (Å²) in [4.78, 5) is 32.0. The Kier molecular flexibility index (Phi) is 7.48. The number of rotatable bonds is 7. The summed E-state index contributed by atoms with van der Waals surface area (Å²) in [6.07, 6.45) is 3.06. The van der Waals surface area contributed by atoms with E-state index in [2.05, 4.69) is 10.1 Å². The molecule has 6 nitrogen and oxygen atoms in total. The average Bonchev–Trinajstić information content (AvgIpc) is 2.22. The van der Waals surface area contributed by atoms with Crippen LogP contribution in [0.2, 0.25) is 0 Å². The van der Waals surface area contributed by atoms with Crippen LogP contribution in [0.1, 0.15) is 19.8 Å². The van der Waals surface area contributed by atoms with Crippen molar-refractivity contribution in [2.24, 2.45) is 0 Å². The van der Waals surface area contributed by atoms with Gasteiger partial charge in [0.2, 0.25) is 0 Å². The number of aliphatic carboxylic acids is 1. The number of allylic oxidation sites excluding steroid dienone is 1. The SMILES string of the molecule is C/C=C/C(=O)OCC(=O)NCCCC(=O)O. The molecule has 16 heavy (non-hydrogen) atoms. The molecule has 0 atom stereocenters. The van der Waals surface area contributed by atoms with Crippen LogP contribution in [0.25, 0.3) is 0 Å². The molecule has 0 aromatic rings. The zero-order chi connectivity index (χ0) is 12.4. The molecular weight excluding hydrogens is 214 g/mol. The Hall–Kier alpha value is -1.85. The van der Waals surface area contributed by atoms with Crippen LogP contribution in [0.15, 0.2) is 12.2 Å². The van der Waals surface area contributed by atoms with E-state index in [-0.39, 0.29) is 19.6 Å². The molecule has 0 unspecified atom stereocenters. The van der Waals surface area contributed by atoms with Gasteiger partial charge in [-0.25, -0.2) is 4.79 Å². The monoisotopic (exact) mass is 229 g/mol. The van der Waals surface area contributed by atoms with Gasteiger partial charge in [-0.2, -0.15) is 0 Å². The fraction of sp³-hybridized carbons (Fsp3) is 0.500. The van der Waals surface area contributed by atoms with Crippen molar-refractivity contribution in [3.63, 3.8) is 0 Å². The van der Waals surface area contributed by atoms with E-state index in [0.29, 0.717) is 6.42 Å². The van der Waals surface area contributed by atoms with E-state index in [1.165, 1.54) is 12.2 Å². The molecule has 0 aliphatic heterocycles. The maximum Gasteiger partial charge on any atom is 0.330 e. The van der Waals surface area contributed by atoms with Gasteiger partial charge in [-0.05, 0) is 13.3 Å². The van der Waals surface area contributed by atoms with Crippen LogP contribution in [0.4, 0.5) is 0 Å². The standard InChI is InChI=1S/C10H15NO5/c1-2-4-10(15)16-7-8(12)11-6-3-5-9(13)14/h2,4H,3,5-7H2,1H3,(H,11,12)(H,13,14)/b4-2+. The van der Waals surface area contributed by atoms with Gasteiger partial charge in [0.25, 0.3) is 5.91 Å². The van der Waals surface area contributed by atoms with Gasteiger partial charge in [0.15, 0.2) is 6.61 Å². The third kappa shape index (κ3) is 8.74. The van der Waals surface area contributed by atoms with Gasteiger partial charge in [-0.3, -0.25) is 9.59 Å². The maximum absolute atomic E-state index is 11.0. The van der Waals surface area contributed by atoms with Crippen LogP contribution in [0.5, 0.6) is 0 Å². The van der Waals surface area contributed by atoms with Gasteiger partial charge < -0.3 is 15.2 Å². The molecule has 0 aliphatic carbocycles. The fourth-order valence-corrected chi connectivity index (χ4v) is 0.839. The molecule has 0 saturated carbocycles. The topological polar surface area (TPSA) is 92.7 Å². The third-order valence-electron chi connectivity index (χ3n) is 1.54. The van der Waals surface area contributed by atoms with Crippen molar-refractivity contribution in [2.45, 2.75) is 19.8 Å². The normalized spacial score (nSPS) is 10.1. The molecule has 0 radical (unpaired) electrons. The first kappa shape index (κ1) is 14.2. The average molecular weight is 229 g/mol. The fourth-order valence-electron chi connectivity index (χ4n) is 0.839. The zero-order valence-corrected chi connectivity index (χ0v) is 9.06. The van der Waals surface area contributed by atoms with Crippen molar-refractivity contribution in [2.75, 3.05) is 13.2 Å². The van der Waals surface area contributed by atoms with Gasteiger partial charge in [-0.1, -0.05) is 6.08 Å². The summed E-state index contributed by atoms with van der Waals surface area (Å²) < 4.78 is 4.57. The number of amides is 1. The third-order valence-corrected chi connectivity index (χ3v) is 1.54. The Balaban J connectivity index is 3.52. The predicted molar refractivity (Wildman–Crippen MR) is 55.7 cm³/mol. The first-order valence-electron chi connectivity index (χ1n) is 4.84. The lowest BCUT2D eigenvalue weighted by molar-refractivity contribution is -0.143. The number of carboxylic acids is 1. The van der Waals surface area contributed by atoms with Crippen LogP contribution in [-0.2, 0) is 19.1 Å². The lowest BCUT2D eigenvalue weighted by Gasteiger charge is -2.03.